The van der Waals surface area contributed by atoms with Gasteiger partial charge in [-0.1, -0.05) is 46.4 Å². The van der Waals surface area contributed by atoms with E-state index in [2.05, 4.69) is 0 Å². The van der Waals surface area contributed by atoms with Crippen molar-refractivity contribution < 1.29 is 5.11 Å². The molecule has 0 heterocycles. The van der Waals surface area contributed by atoms with Crippen LogP contribution in [0.5, 0.6) is 0 Å². The molecular weight excluding hydrogens is 194 g/mol. The Morgan fingerprint density at radius 3 is 1.12 bits per heavy atom. The number of aliphatic hydroxyl groups is 1. The molecule has 5 heteroatoms. The van der Waals surface area contributed by atoms with Crippen molar-refractivity contribution in [3.05, 3.63) is 0 Å². The van der Waals surface area contributed by atoms with Crippen molar-refractivity contribution in [2.24, 2.45) is 0 Å². The molecule has 0 fully saturated rings. The van der Waals surface area contributed by atoms with Gasteiger partial charge in [-0.15, -0.1) is 0 Å². The van der Waals surface area contributed by atoms with Gasteiger partial charge in [-0.3, -0.25) is 0 Å². The Labute approximate surface area is 68.5 Å². The van der Waals surface area contributed by atoms with E-state index in [9.17, 15) is 0 Å². The maximum atomic E-state index is 7.82. The fourth-order valence-electron chi connectivity index (χ4n) is 0. The first kappa shape index (κ1) is 11.9. The van der Waals surface area contributed by atoms with Gasteiger partial charge in [0.2, 0.25) is 0 Å². The highest BCUT2D eigenvalue weighted by molar-refractivity contribution is 6.63. The first-order valence-corrected chi connectivity index (χ1v) is 3.45. The van der Waals surface area contributed by atoms with E-state index >= 15 is 0 Å². The molecular formula is C3H6Cl4O. The molecule has 1 unspecified atom stereocenters. The molecule has 0 saturated carbocycles. The van der Waals surface area contributed by atoms with Crippen molar-refractivity contribution in [1.82, 2.24) is 0 Å². The molecule has 0 aliphatic carbocycles. The van der Waals surface area contributed by atoms with E-state index < -0.39 is 9.86 Å². The molecule has 0 aromatic carbocycles. The summed E-state index contributed by atoms with van der Waals surface area (Å²) in [6.45, 7) is 1.49. The number of rotatable bonds is 0. The van der Waals surface area contributed by atoms with Crippen LogP contribution in [0.3, 0.4) is 0 Å². The zero-order valence-electron chi connectivity index (χ0n) is 4.11. The van der Waals surface area contributed by atoms with Gasteiger partial charge in [0.15, 0.2) is 4.30 Å². The molecule has 1 N–H and O–H groups in total. The molecule has 0 aliphatic rings. The predicted octanol–water partition coefficient (Wildman–Crippen LogP) is 2.55. The minimum absolute atomic E-state index is 0.694. The second kappa shape index (κ2) is 8.12. The molecule has 0 amide bonds. The molecule has 1 nitrogen and oxygen atoms in total. The van der Waals surface area contributed by atoms with Gasteiger partial charge in [0.25, 0.3) is 0 Å². The fraction of sp³-hybridized carbons (Fsp3) is 1.00. The highest BCUT2D eigenvalue weighted by Gasteiger charge is 1.78. The van der Waals surface area contributed by atoms with E-state index in [0.29, 0.717) is 0 Å². The Hall–Kier alpha value is 1.12. The Kier molecular flexibility index (Phi) is 12.0. The summed E-state index contributed by atoms with van der Waals surface area (Å²) in [6, 6.07) is 0. The lowest BCUT2D eigenvalue weighted by Crippen LogP contribution is -1.79. The van der Waals surface area contributed by atoms with Crippen LogP contribution >= 0.6 is 46.4 Å². The summed E-state index contributed by atoms with van der Waals surface area (Å²) in [7, 11) is 0. The summed E-state index contributed by atoms with van der Waals surface area (Å²) < 4.78 is -0.750. The lowest BCUT2D eigenvalue weighted by atomic mass is 10.9. The van der Waals surface area contributed by atoms with Crippen LogP contribution < -0.4 is 0 Å². The second-order valence-corrected chi connectivity index (χ2v) is 3.43. The van der Waals surface area contributed by atoms with E-state index in [4.69, 9.17) is 51.5 Å². The molecule has 0 bridgehead atoms. The first-order valence-electron chi connectivity index (χ1n) is 1.71. The van der Waals surface area contributed by atoms with Gasteiger partial charge >= 0.3 is 0 Å². The Bertz CT molecular complexity index is 26.8. The monoisotopic (exact) mass is 198 g/mol. The zero-order chi connectivity index (χ0) is 7.15. The predicted molar refractivity (Wildman–Crippen MR) is 38.9 cm³/mol. The van der Waals surface area contributed by atoms with Gasteiger partial charge < -0.3 is 5.11 Å². The minimum atomic E-state index is -0.750. The normalized spacial score (nSPS) is 12.4. The largest absolute Gasteiger partial charge is 0.378 e. The van der Waals surface area contributed by atoms with Crippen LogP contribution in [0.15, 0.2) is 0 Å². The zero-order valence-corrected chi connectivity index (χ0v) is 7.14. The quantitative estimate of drug-likeness (QED) is 0.595. The smallest absolute Gasteiger partial charge is 0.180 e. The topological polar surface area (TPSA) is 20.2 Å². The van der Waals surface area contributed by atoms with Crippen LogP contribution in [0, 0.1) is 0 Å². The van der Waals surface area contributed by atoms with Gasteiger partial charge in [-0.2, -0.15) is 0 Å². The molecule has 0 radical (unpaired) electrons. The summed E-state index contributed by atoms with van der Waals surface area (Å²) in [5.41, 5.74) is -0.694. The van der Waals surface area contributed by atoms with Crippen LogP contribution in [0.2, 0.25) is 0 Å². The Morgan fingerprint density at radius 1 is 1.12 bits per heavy atom. The van der Waals surface area contributed by atoms with Gasteiger partial charge in [0.05, 0.1) is 0 Å². The van der Waals surface area contributed by atoms with Crippen molar-refractivity contribution in [2.75, 3.05) is 0 Å². The molecule has 0 rings (SSSR count). The van der Waals surface area contributed by atoms with E-state index in [1.54, 1.807) is 0 Å². The van der Waals surface area contributed by atoms with Gasteiger partial charge in [-0.25, -0.2) is 0 Å². The van der Waals surface area contributed by atoms with E-state index in [1.165, 1.54) is 6.92 Å². The standard InChI is InChI=1S/C2H5ClO.CHCl3/c1-2(3)4;2-1(3)4/h2,4H,1H3;1H. The third kappa shape index (κ3) is 213. The van der Waals surface area contributed by atoms with E-state index in [0.717, 1.165) is 0 Å². The summed E-state index contributed by atoms with van der Waals surface area (Å²) in [5.74, 6) is 0. The average Bonchev–Trinajstić information content (AvgIpc) is 1.25. The molecule has 8 heavy (non-hydrogen) atoms. The fourth-order valence-corrected chi connectivity index (χ4v) is 0. The van der Waals surface area contributed by atoms with Gasteiger partial charge in [0.1, 0.15) is 5.56 Å². The third-order valence-electron chi connectivity index (χ3n) is 0. The van der Waals surface area contributed by atoms with Crippen LogP contribution in [0.1, 0.15) is 6.92 Å². The number of halogens is 4. The SMILES string of the molecule is CC(O)Cl.ClC(Cl)Cl. The second-order valence-electron chi connectivity index (χ2n) is 0.821. The lowest BCUT2D eigenvalue weighted by molar-refractivity contribution is 0.277. The summed E-state index contributed by atoms with van der Waals surface area (Å²) in [4.78, 5) is 0. The molecule has 0 aromatic heterocycles. The minimum Gasteiger partial charge on any atom is -0.378 e. The van der Waals surface area contributed by atoms with Crippen molar-refractivity contribution in [1.29, 1.82) is 0 Å². The Balaban J connectivity index is 0. The van der Waals surface area contributed by atoms with Gasteiger partial charge in [0, 0.05) is 0 Å². The van der Waals surface area contributed by atoms with Gasteiger partial charge in [-0.05, 0) is 6.92 Å². The van der Waals surface area contributed by atoms with Crippen LogP contribution in [0.25, 0.3) is 0 Å². The number of hydrogen-bond acceptors (Lipinski definition) is 1. The molecule has 0 aromatic rings. The maximum Gasteiger partial charge on any atom is 0.180 e. The van der Waals surface area contributed by atoms with Crippen molar-refractivity contribution in [2.45, 2.75) is 16.8 Å². The molecule has 1 atom stereocenters. The van der Waals surface area contributed by atoms with E-state index in [-0.39, 0.29) is 0 Å². The summed E-state index contributed by atoms with van der Waals surface area (Å²) in [6.07, 6.45) is 0. The number of alkyl halides is 4. The van der Waals surface area contributed by atoms with E-state index in [1.807, 2.05) is 0 Å². The highest BCUT2D eigenvalue weighted by Crippen LogP contribution is 2.03. The first-order chi connectivity index (χ1) is 3.46. The van der Waals surface area contributed by atoms with Crippen LogP contribution in [0.4, 0.5) is 0 Å². The Morgan fingerprint density at radius 2 is 1.12 bits per heavy atom. The number of aliphatic hydroxyl groups excluding tert-OH is 1. The van der Waals surface area contributed by atoms with Crippen LogP contribution in [-0.2, 0) is 0 Å². The molecule has 0 aliphatic heterocycles. The molecule has 52 valence electrons. The highest BCUT2D eigenvalue weighted by atomic mass is 35.6. The summed E-state index contributed by atoms with van der Waals surface area (Å²) >= 11 is 19.2. The molecule has 0 saturated heterocycles. The average molecular weight is 200 g/mol. The number of hydrogen-bond donors (Lipinski definition) is 1. The maximum absolute atomic E-state index is 7.82. The summed E-state index contributed by atoms with van der Waals surface area (Å²) in [5, 5.41) is 7.82. The van der Waals surface area contributed by atoms with Crippen molar-refractivity contribution in [3.8, 4) is 0 Å². The third-order valence-corrected chi connectivity index (χ3v) is 0. The molecule has 0 spiro atoms. The van der Waals surface area contributed by atoms with Crippen LogP contribution in [-0.4, -0.2) is 15.0 Å². The van der Waals surface area contributed by atoms with Crippen molar-refractivity contribution >= 4 is 46.4 Å². The van der Waals surface area contributed by atoms with Crippen molar-refractivity contribution in [3.63, 3.8) is 0 Å². The lowest BCUT2D eigenvalue weighted by Gasteiger charge is -1.77.